The second kappa shape index (κ2) is 6.38. The molecule has 1 saturated carbocycles. The van der Waals surface area contributed by atoms with Gasteiger partial charge in [-0.05, 0) is 43.4 Å². The molecule has 3 heteroatoms. The van der Waals surface area contributed by atoms with Crippen LogP contribution in [0.1, 0.15) is 32.6 Å². The minimum atomic E-state index is -0.209. The topological polar surface area (TPSA) is 23.5 Å². The number of nitrogens with zero attached hydrogens (tertiary/aromatic N) is 1. The molecule has 19 heavy (non-hydrogen) atoms. The number of hydrogen-bond donors (Lipinski definition) is 1. The Hall–Kier alpha value is -1.09. The van der Waals surface area contributed by atoms with Gasteiger partial charge in [0, 0.05) is 25.2 Å². The van der Waals surface area contributed by atoms with Gasteiger partial charge >= 0.3 is 0 Å². The van der Waals surface area contributed by atoms with E-state index in [0.29, 0.717) is 5.92 Å². The minimum Gasteiger partial charge on any atom is -0.393 e. The van der Waals surface area contributed by atoms with E-state index >= 15 is 0 Å². The molecule has 0 spiro atoms. The summed E-state index contributed by atoms with van der Waals surface area (Å²) in [6.07, 6.45) is 4.10. The maximum Gasteiger partial charge on any atom is 0.125 e. The number of aliphatic hydroxyl groups is 1. The maximum atomic E-state index is 13.2. The fourth-order valence-electron chi connectivity index (χ4n) is 3.08. The van der Waals surface area contributed by atoms with E-state index in [1.807, 2.05) is 13.1 Å². The molecule has 1 aromatic rings. The lowest BCUT2D eigenvalue weighted by Gasteiger charge is -2.36. The molecule has 0 heterocycles. The van der Waals surface area contributed by atoms with Gasteiger partial charge in [0.25, 0.3) is 0 Å². The molecule has 2 nitrogen and oxygen atoms in total. The normalized spacial score (nSPS) is 27.3. The van der Waals surface area contributed by atoms with Crippen molar-refractivity contribution in [2.45, 2.75) is 38.7 Å². The van der Waals surface area contributed by atoms with Crippen molar-refractivity contribution in [2.24, 2.45) is 11.8 Å². The van der Waals surface area contributed by atoms with Crippen LogP contribution >= 0.6 is 0 Å². The zero-order valence-electron chi connectivity index (χ0n) is 11.8. The van der Waals surface area contributed by atoms with Gasteiger partial charge in [0.05, 0.1) is 6.10 Å². The molecule has 2 rings (SSSR count). The minimum absolute atomic E-state index is 0.208. The summed E-state index contributed by atoms with van der Waals surface area (Å²) in [6, 6.07) is 6.65. The van der Waals surface area contributed by atoms with Gasteiger partial charge in [-0.15, -0.1) is 0 Å². The van der Waals surface area contributed by atoms with Crippen molar-refractivity contribution >= 4 is 5.69 Å². The van der Waals surface area contributed by atoms with E-state index < -0.39 is 0 Å². The molecule has 0 saturated heterocycles. The largest absolute Gasteiger partial charge is 0.393 e. The summed E-state index contributed by atoms with van der Waals surface area (Å²) in [7, 11) is 1.97. The molecule has 0 aromatic heterocycles. The van der Waals surface area contributed by atoms with Crippen molar-refractivity contribution in [1.29, 1.82) is 0 Å². The molecule has 0 bridgehead atoms. The van der Waals surface area contributed by atoms with E-state index in [-0.39, 0.29) is 11.9 Å². The maximum absolute atomic E-state index is 13.2. The third kappa shape index (κ3) is 3.69. The predicted molar refractivity (Wildman–Crippen MR) is 76.8 cm³/mol. The Kier molecular flexibility index (Phi) is 4.81. The number of halogens is 1. The van der Waals surface area contributed by atoms with E-state index in [9.17, 15) is 9.50 Å². The first kappa shape index (κ1) is 14.3. The average molecular weight is 265 g/mol. The first-order chi connectivity index (χ1) is 9.10. The molecular formula is C16H24FNO. The quantitative estimate of drug-likeness (QED) is 0.901. The first-order valence-corrected chi connectivity index (χ1v) is 7.25. The Labute approximate surface area is 115 Å². The van der Waals surface area contributed by atoms with Crippen molar-refractivity contribution < 1.29 is 9.50 Å². The van der Waals surface area contributed by atoms with Crippen LogP contribution < -0.4 is 4.90 Å². The molecule has 0 amide bonds. The number of aliphatic hydroxyl groups excluding tert-OH is 1. The van der Waals surface area contributed by atoms with E-state index in [1.165, 1.54) is 12.5 Å². The van der Waals surface area contributed by atoms with Crippen LogP contribution in [0.25, 0.3) is 0 Å². The Bertz CT molecular complexity index is 409. The standard InChI is InChI=1S/C16H24FNO/c1-3-12-7-8-16(19)13(9-12)11-18(2)15-6-4-5-14(17)10-15/h4-6,10,12-13,16,19H,3,7-9,11H2,1-2H3. The molecule has 1 aliphatic rings. The second-order valence-corrected chi connectivity index (χ2v) is 5.78. The zero-order valence-corrected chi connectivity index (χ0v) is 11.8. The SMILES string of the molecule is CCC1CCC(O)C(CN(C)c2cccc(F)c2)C1. The van der Waals surface area contributed by atoms with Crippen LogP contribution in [0.2, 0.25) is 0 Å². The van der Waals surface area contributed by atoms with Gasteiger partial charge in [0.15, 0.2) is 0 Å². The van der Waals surface area contributed by atoms with Crippen LogP contribution in [0, 0.1) is 17.7 Å². The third-order valence-electron chi connectivity index (χ3n) is 4.39. The van der Waals surface area contributed by atoms with E-state index in [2.05, 4.69) is 11.8 Å². The highest BCUT2D eigenvalue weighted by Crippen LogP contribution is 2.32. The predicted octanol–water partition coefficient (Wildman–Crippen LogP) is 3.45. The Balaban J connectivity index is 1.99. The number of anilines is 1. The monoisotopic (exact) mass is 265 g/mol. The third-order valence-corrected chi connectivity index (χ3v) is 4.39. The van der Waals surface area contributed by atoms with Crippen molar-refractivity contribution in [1.82, 2.24) is 0 Å². The van der Waals surface area contributed by atoms with Crippen molar-refractivity contribution in [3.05, 3.63) is 30.1 Å². The molecule has 1 aliphatic carbocycles. The number of hydrogen-bond acceptors (Lipinski definition) is 2. The second-order valence-electron chi connectivity index (χ2n) is 5.78. The van der Waals surface area contributed by atoms with Gasteiger partial charge < -0.3 is 10.0 Å². The van der Waals surface area contributed by atoms with Crippen LogP contribution in [0.5, 0.6) is 0 Å². The van der Waals surface area contributed by atoms with Gasteiger partial charge in [0.1, 0.15) is 5.82 Å². The van der Waals surface area contributed by atoms with Crippen LogP contribution in [0.15, 0.2) is 24.3 Å². The smallest absolute Gasteiger partial charge is 0.125 e. The van der Waals surface area contributed by atoms with Gasteiger partial charge in [-0.1, -0.05) is 19.4 Å². The zero-order chi connectivity index (χ0) is 13.8. The summed E-state index contributed by atoms with van der Waals surface area (Å²) in [5, 5.41) is 10.1. The summed E-state index contributed by atoms with van der Waals surface area (Å²) < 4.78 is 13.2. The summed E-state index contributed by atoms with van der Waals surface area (Å²) in [5.74, 6) is 0.821. The molecular weight excluding hydrogens is 241 g/mol. The molecule has 1 N–H and O–H groups in total. The fraction of sp³-hybridized carbons (Fsp3) is 0.625. The van der Waals surface area contributed by atoms with Gasteiger partial charge in [-0.25, -0.2) is 4.39 Å². The molecule has 3 atom stereocenters. The number of benzene rings is 1. The van der Waals surface area contributed by atoms with Crippen LogP contribution in [-0.4, -0.2) is 24.8 Å². The summed E-state index contributed by atoms with van der Waals surface area (Å²) >= 11 is 0. The molecule has 0 radical (unpaired) electrons. The summed E-state index contributed by atoms with van der Waals surface area (Å²) in [6.45, 7) is 3.01. The highest BCUT2D eigenvalue weighted by molar-refractivity contribution is 5.45. The Morgan fingerprint density at radius 3 is 2.84 bits per heavy atom. The van der Waals surface area contributed by atoms with E-state index in [1.54, 1.807) is 12.1 Å². The Morgan fingerprint density at radius 1 is 1.37 bits per heavy atom. The molecule has 1 aromatic carbocycles. The molecule has 1 fully saturated rings. The molecule has 106 valence electrons. The van der Waals surface area contributed by atoms with Gasteiger partial charge in [-0.2, -0.15) is 0 Å². The highest BCUT2D eigenvalue weighted by atomic mass is 19.1. The first-order valence-electron chi connectivity index (χ1n) is 7.25. The highest BCUT2D eigenvalue weighted by Gasteiger charge is 2.29. The Morgan fingerprint density at radius 2 is 2.16 bits per heavy atom. The van der Waals surface area contributed by atoms with Crippen LogP contribution in [-0.2, 0) is 0 Å². The van der Waals surface area contributed by atoms with Gasteiger partial charge in [-0.3, -0.25) is 0 Å². The van der Waals surface area contributed by atoms with Crippen LogP contribution in [0.3, 0.4) is 0 Å². The van der Waals surface area contributed by atoms with Gasteiger partial charge in [0.2, 0.25) is 0 Å². The average Bonchev–Trinajstić information content (AvgIpc) is 2.41. The molecule has 0 aliphatic heterocycles. The molecule has 3 unspecified atom stereocenters. The summed E-state index contributed by atoms with van der Waals surface area (Å²) in [5.41, 5.74) is 0.880. The van der Waals surface area contributed by atoms with E-state index in [4.69, 9.17) is 0 Å². The lowest BCUT2D eigenvalue weighted by Crippen LogP contribution is -2.37. The van der Waals surface area contributed by atoms with Crippen LogP contribution in [0.4, 0.5) is 10.1 Å². The van der Waals surface area contributed by atoms with E-state index in [0.717, 1.165) is 37.4 Å². The lowest BCUT2D eigenvalue weighted by molar-refractivity contribution is 0.0511. The lowest BCUT2D eigenvalue weighted by atomic mass is 9.78. The van der Waals surface area contributed by atoms with Crippen molar-refractivity contribution in [3.63, 3.8) is 0 Å². The van der Waals surface area contributed by atoms with Crippen molar-refractivity contribution in [3.8, 4) is 0 Å². The van der Waals surface area contributed by atoms with Crippen molar-refractivity contribution in [2.75, 3.05) is 18.5 Å². The number of rotatable bonds is 4. The summed E-state index contributed by atoms with van der Waals surface area (Å²) in [4.78, 5) is 2.05. The fourth-order valence-corrected chi connectivity index (χ4v) is 3.08.